The number of hydrogen-bond donors (Lipinski definition) is 1. The van der Waals surface area contributed by atoms with E-state index < -0.39 is 0 Å². The summed E-state index contributed by atoms with van der Waals surface area (Å²) in [4.78, 5) is 18.7. The Morgan fingerprint density at radius 3 is 2.52 bits per heavy atom. The minimum Gasteiger partial charge on any atom is -0.395 e. The molecular formula is C16H25ClN2O2. The molecule has 21 heavy (non-hydrogen) atoms. The van der Waals surface area contributed by atoms with Crippen LogP contribution in [-0.4, -0.2) is 40.1 Å². The fraction of sp³-hybridized carbons (Fsp3) is 0.625. The summed E-state index contributed by atoms with van der Waals surface area (Å²) >= 11 is 6.03. The van der Waals surface area contributed by atoms with Crippen molar-refractivity contribution in [2.45, 2.75) is 52.5 Å². The summed E-state index contributed by atoms with van der Waals surface area (Å²) in [6.45, 7) is 6.46. The number of aliphatic hydroxyl groups excluding tert-OH is 1. The van der Waals surface area contributed by atoms with Gasteiger partial charge < -0.3 is 10.0 Å². The standard InChI is InChI=1S/C16H25ClN2O2/c1-4-7-13-10-12(11-15(17)18-13)16(21)19(8-9-20)14(5-2)6-3/h10-11,14,20H,4-9H2,1-3H3. The molecule has 0 aliphatic rings. The Hall–Kier alpha value is -1.13. The van der Waals surface area contributed by atoms with Crippen LogP contribution in [0.1, 0.15) is 56.1 Å². The minimum atomic E-state index is -0.0839. The molecule has 1 amide bonds. The van der Waals surface area contributed by atoms with E-state index in [0.29, 0.717) is 17.3 Å². The van der Waals surface area contributed by atoms with E-state index in [-0.39, 0.29) is 18.6 Å². The number of carbonyl (C=O) groups is 1. The van der Waals surface area contributed by atoms with Crippen molar-refractivity contribution in [3.05, 3.63) is 28.5 Å². The number of amides is 1. The molecule has 0 saturated carbocycles. The highest BCUT2D eigenvalue weighted by Gasteiger charge is 2.22. The number of aryl methyl sites for hydroxylation is 1. The van der Waals surface area contributed by atoms with Gasteiger partial charge in [0.15, 0.2) is 0 Å². The summed E-state index contributed by atoms with van der Waals surface area (Å²) in [7, 11) is 0. The first-order valence-corrected chi connectivity index (χ1v) is 8.03. The van der Waals surface area contributed by atoms with E-state index in [4.69, 9.17) is 11.6 Å². The van der Waals surface area contributed by atoms with Gasteiger partial charge in [0, 0.05) is 23.8 Å². The van der Waals surface area contributed by atoms with Crippen LogP contribution in [-0.2, 0) is 6.42 Å². The van der Waals surface area contributed by atoms with Gasteiger partial charge in [-0.3, -0.25) is 4.79 Å². The lowest BCUT2D eigenvalue weighted by molar-refractivity contribution is 0.0622. The maximum atomic E-state index is 12.7. The molecule has 4 nitrogen and oxygen atoms in total. The Morgan fingerprint density at radius 1 is 1.33 bits per heavy atom. The normalized spacial score (nSPS) is 11.0. The van der Waals surface area contributed by atoms with Crippen molar-refractivity contribution < 1.29 is 9.90 Å². The van der Waals surface area contributed by atoms with E-state index in [9.17, 15) is 9.90 Å². The third-order valence-corrected chi connectivity index (χ3v) is 3.78. The molecule has 0 bridgehead atoms. The van der Waals surface area contributed by atoms with Gasteiger partial charge in [0.05, 0.1) is 6.61 Å². The zero-order valence-electron chi connectivity index (χ0n) is 13.1. The number of halogens is 1. The van der Waals surface area contributed by atoms with Crippen LogP contribution in [0.5, 0.6) is 0 Å². The topological polar surface area (TPSA) is 53.4 Å². The molecular weight excluding hydrogens is 288 g/mol. The molecule has 5 heteroatoms. The van der Waals surface area contributed by atoms with E-state index in [0.717, 1.165) is 31.4 Å². The maximum absolute atomic E-state index is 12.7. The molecule has 0 aliphatic carbocycles. The number of hydrogen-bond acceptors (Lipinski definition) is 3. The number of pyridine rings is 1. The van der Waals surface area contributed by atoms with Gasteiger partial charge in [-0.15, -0.1) is 0 Å². The molecule has 1 heterocycles. The monoisotopic (exact) mass is 312 g/mol. The van der Waals surface area contributed by atoms with Gasteiger partial charge in [0.25, 0.3) is 5.91 Å². The second-order valence-electron chi connectivity index (χ2n) is 5.11. The van der Waals surface area contributed by atoms with Crippen molar-refractivity contribution in [2.75, 3.05) is 13.2 Å². The van der Waals surface area contributed by atoms with Crippen LogP contribution in [0.4, 0.5) is 0 Å². The SMILES string of the molecule is CCCc1cc(C(=O)N(CCO)C(CC)CC)cc(Cl)n1. The smallest absolute Gasteiger partial charge is 0.254 e. The lowest BCUT2D eigenvalue weighted by Gasteiger charge is -2.30. The highest BCUT2D eigenvalue weighted by Crippen LogP contribution is 2.17. The van der Waals surface area contributed by atoms with Gasteiger partial charge in [0.1, 0.15) is 5.15 Å². The first-order valence-electron chi connectivity index (χ1n) is 7.65. The number of aliphatic hydroxyl groups is 1. The predicted octanol–water partition coefficient (Wildman–Crippen LogP) is 3.31. The van der Waals surface area contributed by atoms with Gasteiger partial charge >= 0.3 is 0 Å². The second kappa shape index (κ2) is 9.00. The van der Waals surface area contributed by atoms with Crippen molar-refractivity contribution in [1.82, 2.24) is 9.88 Å². The zero-order chi connectivity index (χ0) is 15.8. The Kier molecular flexibility index (Phi) is 7.68. The third-order valence-electron chi connectivity index (χ3n) is 3.59. The van der Waals surface area contributed by atoms with Crippen LogP contribution in [0.25, 0.3) is 0 Å². The average Bonchev–Trinajstić information content (AvgIpc) is 2.46. The van der Waals surface area contributed by atoms with E-state index >= 15 is 0 Å². The number of aromatic nitrogens is 1. The fourth-order valence-electron chi connectivity index (χ4n) is 2.51. The van der Waals surface area contributed by atoms with Gasteiger partial charge in [0.2, 0.25) is 0 Å². The van der Waals surface area contributed by atoms with Crippen molar-refractivity contribution in [2.24, 2.45) is 0 Å². The molecule has 0 unspecified atom stereocenters. The predicted molar refractivity (Wildman–Crippen MR) is 85.7 cm³/mol. The van der Waals surface area contributed by atoms with Gasteiger partial charge in [-0.1, -0.05) is 38.8 Å². The lowest BCUT2D eigenvalue weighted by atomic mass is 10.1. The Balaban J connectivity index is 3.07. The van der Waals surface area contributed by atoms with Gasteiger partial charge in [-0.2, -0.15) is 0 Å². The van der Waals surface area contributed by atoms with Gasteiger partial charge in [-0.05, 0) is 31.4 Å². The van der Waals surface area contributed by atoms with Crippen molar-refractivity contribution >= 4 is 17.5 Å². The van der Waals surface area contributed by atoms with E-state index in [2.05, 4.69) is 11.9 Å². The zero-order valence-corrected chi connectivity index (χ0v) is 13.9. The summed E-state index contributed by atoms with van der Waals surface area (Å²) in [5.41, 5.74) is 1.39. The molecule has 1 aromatic rings. The molecule has 1 N–H and O–H groups in total. The molecule has 1 aromatic heterocycles. The van der Waals surface area contributed by atoms with Crippen LogP contribution >= 0.6 is 11.6 Å². The quantitative estimate of drug-likeness (QED) is 0.749. The molecule has 1 rings (SSSR count). The van der Waals surface area contributed by atoms with E-state index in [1.165, 1.54) is 0 Å². The van der Waals surface area contributed by atoms with E-state index in [1.54, 1.807) is 11.0 Å². The Labute approximate surface area is 132 Å². The Morgan fingerprint density at radius 2 is 2.00 bits per heavy atom. The van der Waals surface area contributed by atoms with Crippen molar-refractivity contribution in [3.63, 3.8) is 0 Å². The van der Waals surface area contributed by atoms with Crippen molar-refractivity contribution in [3.8, 4) is 0 Å². The summed E-state index contributed by atoms with van der Waals surface area (Å²) in [6.07, 6.45) is 3.48. The van der Waals surface area contributed by atoms with Crippen LogP contribution in [0.3, 0.4) is 0 Å². The summed E-state index contributed by atoms with van der Waals surface area (Å²) < 4.78 is 0. The first-order chi connectivity index (χ1) is 10.1. The van der Waals surface area contributed by atoms with Gasteiger partial charge in [-0.25, -0.2) is 4.98 Å². The number of nitrogens with zero attached hydrogens (tertiary/aromatic N) is 2. The van der Waals surface area contributed by atoms with Crippen LogP contribution in [0.15, 0.2) is 12.1 Å². The number of rotatable bonds is 8. The summed E-state index contributed by atoms with van der Waals surface area (Å²) in [6, 6.07) is 3.55. The fourth-order valence-corrected chi connectivity index (χ4v) is 2.74. The molecule has 0 aromatic carbocycles. The minimum absolute atomic E-state index is 0.0388. The Bertz CT molecular complexity index is 462. The highest BCUT2D eigenvalue weighted by molar-refractivity contribution is 6.29. The largest absolute Gasteiger partial charge is 0.395 e. The molecule has 0 saturated heterocycles. The molecule has 0 radical (unpaired) electrons. The third kappa shape index (κ3) is 4.97. The van der Waals surface area contributed by atoms with E-state index in [1.807, 2.05) is 19.9 Å². The highest BCUT2D eigenvalue weighted by atomic mass is 35.5. The summed E-state index contributed by atoms with van der Waals surface area (Å²) in [5.74, 6) is -0.0839. The van der Waals surface area contributed by atoms with Crippen molar-refractivity contribution in [1.29, 1.82) is 0 Å². The first kappa shape index (κ1) is 17.9. The molecule has 0 aliphatic heterocycles. The van der Waals surface area contributed by atoms with Crippen LogP contribution in [0, 0.1) is 0 Å². The maximum Gasteiger partial charge on any atom is 0.254 e. The molecule has 0 fully saturated rings. The molecule has 0 atom stereocenters. The number of carbonyl (C=O) groups excluding carboxylic acids is 1. The molecule has 0 spiro atoms. The second-order valence-corrected chi connectivity index (χ2v) is 5.50. The molecule has 118 valence electrons. The summed E-state index contributed by atoms with van der Waals surface area (Å²) in [5, 5.41) is 9.58. The van der Waals surface area contributed by atoms with Crippen LogP contribution in [0.2, 0.25) is 5.15 Å². The lowest BCUT2D eigenvalue weighted by Crippen LogP contribution is -2.41. The van der Waals surface area contributed by atoms with Crippen LogP contribution < -0.4 is 0 Å². The average molecular weight is 313 g/mol.